The number of hydrogen-bond donors (Lipinski definition) is 1. The summed E-state index contributed by atoms with van der Waals surface area (Å²) in [5.41, 5.74) is 1.95. The molecule has 0 saturated carbocycles. The van der Waals surface area contributed by atoms with E-state index in [1.54, 1.807) is 30.3 Å². The number of unbranched alkanes of at least 4 members (excludes halogenated alkanes) is 1. The molecular formula is C30H35Cl2N3O4S. The number of carbonyl (C=O) groups excluding carboxylic acids is 2. The molecule has 1 unspecified atom stereocenters. The molecule has 0 saturated heterocycles. The maximum atomic E-state index is 14.1. The van der Waals surface area contributed by atoms with Crippen molar-refractivity contribution in [1.82, 2.24) is 10.2 Å². The average Bonchev–Trinajstić information content (AvgIpc) is 2.95. The van der Waals surface area contributed by atoms with Crippen LogP contribution < -0.4 is 9.62 Å². The third-order valence-corrected chi connectivity index (χ3v) is 9.08. The molecule has 2 amide bonds. The van der Waals surface area contributed by atoms with E-state index < -0.39 is 28.5 Å². The number of sulfonamides is 1. The second kappa shape index (κ2) is 14.5. The Morgan fingerprint density at radius 3 is 2.23 bits per heavy atom. The number of nitrogens with one attached hydrogen (secondary N) is 1. The molecule has 0 bridgehead atoms. The van der Waals surface area contributed by atoms with Crippen LogP contribution in [0.25, 0.3) is 0 Å². The van der Waals surface area contributed by atoms with Crippen LogP contribution in [0, 0.1) is 6.92 Å². The normalized spacial score (nSPS) is 12.0. The van der Waals surface area contributed by atoms with Gasteiger partial charge in [0.25, 0.3) is 10.0 Å². The number of halogens is 2. The van der Waals surface area contributed by atoms with Gasteiger partial charge in [0.2, 0.25) is 11.8 Å². The predicted molar refractivity (Wildman–Crippen MR) is 161 cm³/mol. The summed E-state index contributed by atoms with van der Waals surface area (Å²) in [6.07, 6.45) is 2.07. The Morgan fingerprint density at radius 1 is 0.925 bits per heavy atom. The zero-order valence-electron chi connectivity index (χ0n) is 22.9. The summed E-state index contributed by atoms with van der Waals surface area (Å²) < 4.78 is 28.7. The lowest BCUT2D eigenvalue weighted by Gasteiger charge is -2.33. The molecule has 214 valence electrons. The highest BCUT2D eigenvalue weighted by molar-refractivity contribution is 7.92. The fraction of sp³-hybridized carbons (Fsp3) is 0.333. The summed E-state index contributed by atoms with van der Waals surface area (Å²) in [6, 6.07) is 19.3. The van der Waals surface area contributed by atoms with Gasteiger partial charge in [-0.05, 0) is 49.6 Å². The molecule has 0 aromatic heterocycles. The van der Waals surface area contributed by atoms with E-state index in [-0.39, 0.29) is 33.1 Å². The number of carbonyl (C=O) groups is 2. The first-order valence-electron chi connectivity index (χ1n) is 13.2. The van der Waals surface area contributed by atoms with Crippen molar-refractivity contribution in [1.29, 1.82) is 0 Å². The zero-order valence-corrected chi connectivity index (χ0v) is 25.3. The van der Waals surface area contributed by atoms with Crippen LogP contribution in [-0.4, -0.2) is 44.3 Å². The van der Waals surface area contributed by atoms with Gasteiger partial charge in [-0.15, -0.1) is 0 Å². The lowest BCUT2D eigenvalue weighted by Crippen LogP contribution is -2.52. The summed E-state index contributed by atoms with van der Waals surface area (Å²) in [5.74, 6) is -0.830. The molecular weight excluding hydrogens is 569 g/mol. The molecule has 0 aliphatic heterocycles. The van der Waals surface area contributed by atoms with E-state index in [9.17, 15) is 18.0 Å². The van der Waals surface area contributed by atoms with Crippen molar-refractivity contribution in [3.63, 3.8) is 0 Å². The van der Waals surface area contributed by atoms with E-state index in [4.69, 9.17) is 23.2 Å². The Morgan fingerprint density at radius 2 is 1.60 bits per heavy atom. The van der Waals surface area contributed by atoms with Crippen molar-refractivity contribution in [3.8, 4) is 0 Å². The van der Waals surface area contributed by atoms with Gasteiger partial charge in [-0.25, -0.2) is 8.42 Å². The molecule has 7 nitrogen and oxygen atoms in total. The molecule has 1 atom stereocenters. The largest absolute Gasteiger partial charge is 0.354 e. The van der Waals surface area contributed by atoms with Crippen molar-refractivity contribution < 1.29 is 18.0 Å². The second-order valence-corrected chi connectivity index (χ2v) is 12.1. The Bertz CT molecular complexity index is 1400. The third kappa shape index (κ3) is 7.77. The molecule has 3 rings (SSSR count). The van der Waals surface area contributed by atoms with Crippen LogP contribution in [0.15, 0.2) is 77.7 Å². The topological polar surface area (TPSA) is 86.8 Å². The first kappa shape index (κ1) is 31.5. The summed E-state index contributed by atoms with van der Waals surface area (Å²) >= 11 is 12.7. The highest BCUT2D eigenvalue weighted by Gasteiger charge is 2.34. The van der Waals surface area contributed by atoms with E-state index in [1.807, 2.05) is 45.0 Å². The van der Waals surface area contributed by atoms with Crippen LogP contribution in [0.3, 0.4) is 0 Å². The zero-order chi connectivity index (χ0) is 29.3. The van der Waals surface area contributed by atoms with E-state index in [2.05, 4.69) is 5.32 Å². The second-order valence-electron chi connectivity index (χ2n) is 9.47. The van der Waals surface area contributed by atoms with Gasteiger partial charge in [0.1, 0.15) is 12.6 Å². The Hall–Kier alpha value is -3.07. The van der Waals surface area contributed by atoms with E-state index in [0.29, 0.717) is 13.0 Å². The van der Waals surface area contributed by atoms with Crippen LogP contribution in [-0.2, 0) is 26.2 Å². The number of amides is 2. The molecule has 3 aromatic rings. The monoisotopic (exact) mass is 603 g/mol. The van der Waals surface area contributed by atoms with Gasteiger partial charge >= 0.3 is 0 Å². The minimum Gasteiger partial charge on any atom is -0.354 e. The maximum absolute atomic E-state index is 14.1. The summed E-state index contributed by atoms with van der Waals surface area (Å²) in [4.78, 5) is 28.7. The van der Waals surface area contributed by atoms with Crippen LogP contribution in [0.2, 0.25) is 10.0 Å². The smallest absolute Gasteiger partial charge is 0.264 e. The molecule has 0 aliphatic carbocycles. The highest BCUT2D eigenvalue weighted by atomic mass is 35.5. The number of nitrogens with zero attached hydrogens (tertiary/aromatic N) is 2. The lowest BCUT2D eigenvalue weighted by atomic mass is 10.1. The van der Waals surface area contributed by atoms with Gasteiger partial charge in [-0.2, -0.15) is 0 Å². The number of aryl methyl sites for hydroxylation is 1. The standard InChI is InChI=1S/C30H35Cl2N3O4S/c1-4-6-19-33-30(37)26(5-2)34(20-23-17-15-22(3)16-18-23)28(36)21-35(27-14-10-13-25(31)29(27)32)40(38,39)24-11-8-7-9-12-24/h7-18,26H,4-6,19-21H2,1-3H3,(H,33,37). The first-order valence-corrected chi connectivity index (χ1v) is 15.4. The Kier molecular flexibility index (Phi) is 11.4. The van der Waals surface area contributed by atoms with Crippen molar-refractivity contribution in [2.24, 2.45) is 0 Å². The van der Waals surface area contributed by atoms with Gasteiger partial charge in [0.05, 0.1) is 20.6 Å². The van der Waals surface area contributed by atoms with Crippen molar-refractivity contribution in [2.45, 2.75) is 57.5 Å². The minimum atomic E-state index is -4.23. The van der Waals surface area contributed by atoms with Crippen LogP contribution in [0.5, 0.6) is 0 Å². The first-order chi connectivity index (χ1) is 19.1. The van der Waals surface area contributed by atoms with Crippen LogP contribution in [0.1, 0.15) is 44.2 Å². The summed E-state index contributed by atoms with van der Waals surface area (Å²) in [6.45, 7) is 5.85. The minimum absolute atomic E-state index is 0.00547. The predicted octanol–water partition coefficient (Wildman–Crippen LogP) is 6.22. The van der Waals surface area contributed by atoms with Crippen molar-refractivity contribution >= 4 is 50.7 Å². The van der Waals surface area contributed by atoms with Gasteiger partial charge in [0, 0.05) is 13.1 Å². The van der Waals surface area contributed by atoms with Crippen molar-refractivity contribution in [3.05, 3.63) is 94.0 Å². The summed E-state index contributed by atoms with van der Waals surface area (Å²) in [5, 5.41) is 3.08. The number of hydrogen-bond acceptors (Lipinski definition) is 4. The molecule has 0 heterocycles. The Balaban J connectivity index is 2.06. The molecule has 10 heteroatoms. The third-order valence-electron chi connectivity index (χ3n) is 6.50. The van der Waals surface area contributed by atoms with E-state index in [1.165, 1.54) is 23.1 Å². The molecule has 0 spiro atoms. The van der Waals surface area contributed by atoms with Gasteiger partial charge in [-0.1, -0.05) is 97.6 Å². The van der Waals surface area contributed by atoms with Gasteiger partial charge < -0.3 is 10.2 Å². The lowest BCUT2D eigenvalue weighted by molar-refractivity contribution is -0.140. The number of benzene rings is 3. The fourth-order valence-corrected chi connectivity index (χ4v) is 6.13. The number of rotatable bonds is 13. The Labute approximate surface area is 247 Å². The maximum Gasteiger partial charge on any atom is 0.264 e. The SMILES string of the molecule is CCCCNC(=O)C(CC)N(Cc1ccc(C)cc1)C(=O)CN(c1cccc(Cl)c1Cl)S(=O)(=O)c1ccccc1. The molecule has 0 aliphatic rings. The highest BCUT2D eigenvalue weighted by Crippen LogP contribution is 2.35. The molecule has 40 heavy (non-hydrogen) atoms. The average molecular weight is 605 g/mol. The number of anilines is 1. The molecule has 3 aromatic carbocycles. The van der Waals surface area contributed by atoms with Crippen LogP contribution >= 0.6 is 23.2 Å². The molecule has 0 fully saturated rings. The quantitative estimate of drug-likeness (QED) is 0.235. The van der Waals surface area contributed by atoms with Gasteiger partial charge in [0.15, 0.2) is 0 Å². The van der Waals surface area contributed by atoms with Gasteiger partial charge in [-0.3, -0.25) is 13.9 Å². The fourth-order valence-electron chi connectivity index (χ4n) is 4.23. The van der Waals surface area contributed by atoms with E-state index in [0.717, 1.165) is 28.3 Å². The molecule has 0 radical (unpaired) electrons. The van der Waals surface area contributed by atoms with Crippen molar-refractivity contribution in [2.75, 3.05) is 17.4 Å². The summed E-state index contributed by atoms with van der Waals surface area (Å²) in [7, 11) is -4.23. The molecule has 1 N–H and O–H groups in total. The van der Waals surface area contributed by atoms with E-state index >= 15 is 0 Å². The van der Waals surface area contributed by atoms with Crippen LogP contribution in [0.4, 0.5) is 5.69 Å².